The quantitative estimate of drug-likeness (QED) is 0.769. The molecule has 5 heteroatoms. The average molecular weight is 288 g/mol. The first-order valence-electron chi connectivity index (χ1n) is 6.72. The lowest BCUT2D eigenvalue weighted by Crippen LogP contribution is -2.07. The monoisotopic (exact) mass is 288 g/mol. The van der Waals surface area contributed by atoms with Crippen LogP contribution in [0.25, 0.3) is 22.3 Å². The molecule has 0 unspecified atom stereocenters. The molecular weight excluding hydrogens is 268 g/mol. The van der Waals surface area contributed by atoms with E-state index in [9.17, 15) is 0 Å². The highest BCUT2D eigenvalue weighted by Crippen LogP contribution is 2.30. The van der Waals surface area contributed by atoms with Crippen molar-refractivity contribution in [2.24, 2.45) is 0 Å². The van der Waals surface area contributed by atoms with E-state index in [0.717, 1.165) is 27.4 Å². The van der Waals surface area contributed by atoms with Crippen molar-refractivity contribution in [3.05, 3.63) is 29.9 Å². The highest BCUT2D eigenvalue weighted by Gasteiger charge is 2.09. The summed E-state index contributed by atoms with van der Waals surface area (Å²) in [5.74, 6) is 0. The summed E-state index contributed by atoms with van der Waals surface area (Å²) in [6.07, 6.45) is 4.96. The van der Waals surface area contributed by atoms with Gasteiger partial charge in [-0.3, -0.25) is 0 Å². The van der Waals surface area contributed by atoms with Crippen molar-refractivity contribution < 1.29 is 0 Å². The van der Waals surface area contributed by atoms with Crippen LogP contribution in [0.4, 0.5) is 5.13 Å². The number of pyridine rings is 1. The molecule has 4 nitrogen and oxygen atoms in total. The van der Waals surface area contributed by atoms with E-state index in [1.165, 1.54) is 6.42 Å². The predicted molar refractivity (Wildman–Crippen MR) is 87.5 cm³/mol. The van der Waals surface area contributed by atoms with Crippen molar-refractivity contribution in [1.82, 2.24) is 15.0 Å². The molecule has 0 aliphatic heterocycles. The third-order valence-corrected chi connectivity index (χ3v) is 3.62. The summed E-state index contributed by atoms with van der Waals surface area (Å²) in [6.45, 7) is 4.25. The molecule has 0 spiro atoms. The van der Waals surface area contributed by atoms with Crippen molar-refractivity contribution in [3.8, 4) is 11.3 Å². The van der Waals surface area contributed by atoms with E-state index in [1.807, 2.05) is 43.5 Å². The van der Waals surface area contributed by atoms with Crippen LogP contribution in [0.3, 0.4) is 0 Å². The Hall–Kier alpha value is -1.88. The number of aromatic amines is 1. The summed E-state index contributed by atoms with van der Waals surface area (Å²) in [5, 5.41) is 4.21. The van der Waals surface area contributed by atoms with Crippen LogP contribution in [0, 0.1) is 0 Å². The standard InChI is InChI=1S/C12H12N4S.C3H8/c1-16(2)12-15-10(7-17-12)8-3-5-13-11-9(8)4-6-14-11;1-3-2/h3-7H,1-2H3,(H,13,14);3H2,1-2H3. The van der Waals surface area contributed by atoms with Gasteiger partial charge in [0.15, 0.2) is 5.13 Å². The molecule has 0 saturated heterocycles. The topological polar surface area (TPSA) is 44.8 Å². The Labute approximate surface area is 123 Å². The van der Waals surface area contributed by atoms with Crippen LogP contribution in [0.5, 0.6) is 0 Å². The number of nitrogens with one attached hydrogen (secondary N) is 1. The van der Waals surface area contributed by atoms with Gasteiger partial charge in [0.25, 0.3) is 0 Å². The molecule has 0 aliphatic rings. The van der Waals surface area contributed by atoms with E-state index in [1.54, 1.807) is 11.3 Å². The fourth-order valence-electron chi connectivity index (χ4n) is 1.78. The summed E-state index contributed by atoms with van der Waals surface area (Å²) >= 11 is 1.65. The molecule has 0 atom stereocenters. The molecule has 106 valence electrons. The van der Waals surface area contributed by atoms with Gasteiger partial charge in [0, 0.05) is 42.8 Å². The third-order valence-electron chi connectivity index (χ3n) is 2.61. The van der Waals surface area contributed by atoms with E-state index in [-0.39, 0.29) is 0 Å². The summed E-state index contributed by atoms with van der Waals surface area (Å²) in [5.41, 5.74) is 3.04. The van der Waals surface area contributed by atoms with Crippen LogP contribution in [-0.2, 0) is 0 Å². The molecule has 1 N–H and O–H groups in total. The lowest BCUT2D eigenvalue weighted by Gasteiger charge is -2.05. The molecule has 3 aromatic heterocycles. The van der Waals surface area contributed by atoms with Gasteiger partial charge in [0.05, 0.1) is 5.69 Å². The van der Waals surface area contributed by atoms with E-state index < -0.39 is 0 Å². The van der Waals surface area contributed by atoms with Crippen LogP contribution in [-0.4, -0.2) is 29.0 Å². The zero-order chi connectivity index (χ0) is 14.5. The van der Waals surface area contributed by atoms with E-state index in [4.69, 9.17) is 0 Å². The number of fused-ring (bicyclic) bond motifs is 1. The molecule has 3 aromatic rings. The molecule has 3 heterocycles. The first-order chi connectivity index (χ1) is 9.67. The second-order valence-corrected chi connectivity index (χ2v) is 5.55. The molecule has 20 heavy (non-hydrogen) atoms. The van der Waals surface area contributed by atoms with Gasteiger partial charge in [-0.1, -0.05) is 20.3 Å². The molecular formula is C15H20N4S. The Kier molecular flexibility index (Phi) is 4.74. The number of nitrogens with zero attached hydrogens (tertiary/aromatic N) is 3. The summed E-state index contributed by atoms with van der Waals surface area (Å²) in [7, 11) is 4.00. The van der Waals surface area contributed by atoms with Gasteiger partial charge in [-0.15, -0.1) is 11.3 Å². The van der Waals surface area contributed by atoms with Gasteiger partial charge in [-0.05, 0) is 12.1 Å². The number of hydrogen-bond donors (Lipinski definition) is 1. The highest BCUT2D eigenvalue weighted by molar-refractivity contribution is 7.14. The van der Waals surface area contributed by atoms with Crippen molar-refractivity contribution in [1.29, 1.82) is 0 Å². The molecule has 3 rings (SSSR count). The summed E-state index contributed by atoms with van der Waals surface area (Å²) < 4.78 is 0. The van der Waals surface area contributed by atoms with Gasteiger partial charge in [0.2, 0.25) is 0 Å². The number of anilines is 1. The number of thiazole rings is 1. The maximum Gasteiger partial charge on any atom is 0.185 e. The number of rotatable bonds is 2. The van der Waals surface area contributed by atoms with E-state index in [2.05, 4.69) is 34.2 Å². The predicted octanol–water partition coefficient (Wildman–Crippen LogP) is 4.17. The van der Waals surface area contributed by atoms with Crippen molar-refractivity contribution in [2.45, 2.75) is 20.3 Å². The average Bonchev–Trinajstić information content (AvgIpc) is 3.08. The lowest BCUT2D eigenvalue weighted by atomic mass is 10.1. The second-order valence-electron chi connectivity index (χ2n) is 4.72. The zero-order valence-electron chi connectivity index (χ0n) is 12.3. The SMILES string of the molecule is CCC.CN(C)c1nc(-c2ccnc3[nH]ccc23)cs1. The minimum atomic E-state index is 0.905. The van der Waals surface area contributed by atoms with Crippen molar-refractivity contribution in [2.75, 3.05) is 19.0 Å². The number of H-pyrrole nitrogens is 1. The fraction of sp³-hybridized carbons (Fsp3) is 0.333. The molecule has 0 radical (unpaired) electrons. The van der Waals surface area contributed by atoms with Gasteiger partial charge in [-0.25, -0.2) is 9.97 Å². The van der Waals surface area contributed by atoms with Crippen LogP contribution >= 0.6 is 11.3 Å². The van der Waals surface area contributed by atoms with Gasteiger partial charge < -0.3 is 9.88 Å². The summed E-state index contributed by atoms with van der Waals surface area (Å²) in [6, 6.07) is 4.04. The lowest BCUT2D eigenvalue weighted by molar-refractivity contribution is 1.09. The molecule has 0 saturated carbocycles. The first-order valence-corrected chi connectivity index (χ1v) is 7.60. The van der Waals surface area contributed by atoms with Gasteiger partial charge in [-0.2, -0.15) is 0 Å². The first kappa shape index (κ1) is 14.5. The van der Waals surface area contributed by atoms with Gasteiger partial charge >= 0.3 is 0 Å². The zero-order valence-corrected chi connectivity index (χ0v) is 13.2. The van der Waals surface area contributed by atoms with Crippen molar-refractivity contribution in [3.63, 3.8) is 0 Å². The Balaban J connectivity index is 0.000000452. The molecule has 0 amide bonds. The number of hydrogen-bond acceptors (Lipinski definition) is 4. The second kappa shape index (κ2) is 6.52. The van der Waals surface area contributed by atoms with Crippen LogP contribution in [0.1, 0.15) is 20.3 Å². The number of aromatic nitrogens is 3. The Morgan fingerprint density at radius 3 is 2.65 bits per heavy atom. The molecule has 0 bridgehead atoms. The maximum absolute atomic E-state index is 4.61. The van der Waals surface area contributed by atoms with Crippen LogP contribution in [0.15, 0.2) is 29.9 Å². The minimum Gasteiger partial charge on any atom is -0.354 e. The maximum atomic E-state index is 4.61. The summed E-state index contributed by atoms with van der Waals surface area (Å²) in [4.78, 5) is 14.0. The van der Waals surface area contributed by atoms with Crippen LogP contribution in [0.2, 0.25) is 0 Å². The molecule has 0 aromatic carbocycles. The van der Waals surface area contributed by atoms with Crippen LogP contribution < -0.4 is 4.90 Å². The fourth-order valence-corrected chi connectivity index (χ4v) is 2.54. The minimum absolute atomic E-state index is 0.905. The Bertz CT molecular complexity index is 669. The van der Waals surface area contributed by atoms with E-state index in [0.29, 0.717) is 0 Å². The normalized spacial score (nSPS) is 10.2. The molecule has 0 aliphatic carbocycles. The van der Waals surface area contributed by atoms with Crippen molar-refractivity contribution >= 4 is 27.5 Å². The van der Waals surface area contributed by atoms with E-state index >= 15 is 0 Å². The Morgan fingerprint density at radius 1 is 1.25 bits per heavy atom. The largest absolute Gasteiger partial charge is 0.354 e. The molecule has 0 fully saturated rings. The third kappa shape index (κ3) is 2.99. The highest BCUT2D eigenvalue weighted by atomic mass is 32.1. The smallest absolute Gasteiger partial charge is 0.185 e. The van der Waals surface area contributed by atoms with Gasteiger partial charge in [0.1, 0.15) is 5.65 Å². The Morgan fingerprint density at radius 2 is 2.00 bits per heavy atom.